The van der Waals surface area contributed by atoms with Gasteiger partial charge in [-0.15, -0.1) is 0 Å². The topological polar surface area (TPSA) is 96.2 Å². The van der Waals surface area contributed by atoms with Crippen LogP contribution in [0.15, 0.2) is 24.4 Å². The minimum absolute atomic E-state index is 0.305. The number of aromatic nitrogens is 2. The number of hydrogen-bond acceptors (Lipinski definition) is 5. The maximum absolute atomic E-state index is 11.8. The molecule has 1 aromatic carbocycles. The van der Waals surface area contributed by atoms with Crippen molar-refractivity contribution in [3.63, 3.8) is 0 Å². The number of carbonyl (C=O) groups excluding carboxylic acids is 1. The van der Waals surface area contributed by atoms with Crippen LogP contribution in [0, 0.1) is 0 Å². The second-order valence-corrected chi connectivity index (χ2v) is 3.83. The number of carbonyl (C=O) groups is 1. The highest BCUT2D eigenvalue weighted by atomic mass is 16.5. The quantitative estimate of drug-likeness (QED) is 0.609. The van der Waals surface area contributed by atoms with Crippen molar-refractivity contribution in [2.24, 2.45) is 7.05 Å². The van der Waals surface area contributed by atoms with Crippen LogP contribution in [-0.2, 0) is 11.8 Å². The molecule has 0 fully saturated rings. The molecule has 0 radical (unpaired) electrons. The summed E-state index contributed by atoms with van der Waals surface area (Å²) >= 11 is 0. The van der Waals surface area contributed by atoms with Gasteiger partial charge in [0.15, 0.2) is 0 Å². The average Bonchev–Trinajstić information content (AvgIpc) is 2.69. The monoisotopic (exact) mass is 246 g/mol. The van der Waals surface area contributed by atoms with Gasteiger partial charge in [0, 0.05) is 23.9 Å². The lowest BCUT2D eigenvalue weighted by Crippen LogP contribution is -2.08. The normalized spacial score (nSPS) is 10.3. The second-order valence-electron chi connectivity index (χ2n) is 3.83. The third-order valence-corrected chi connectivity index (χ3v) is 2.76. The molecular formula is C12H14N4O2. The lowest BCUT2D eigenvalue weighted by Gasteiger charge is -2.09. The lowest BCUT2D eigenvalue weighted by atomic mass is 10.00. The molecule has 0 unspecified atom stereocenters. The Morgan fingerprint density at radius 1 is 1.33 bits per heavy atom. The summed E-state index contributed by atoms with van der Waals surface area (Å²) in [5, 5.41) is 4.05. The number of ether oxygens (including phenoxy) is 1. The van der Waals surface area contributed by atoms with Crippen LogP contribution in [0.4, 0.5) is 11.5 Å². The van der Waals surface area contributed by atoms with E-state index in [1.165, 1.54) is 11.8 Å². The standard InChI is InChI=1S/C12H14N4O2/c1-16-11(14)8(6-15-16)7-4-3-5-9(13)10(7)12(17)18-2/h3-6H,13-14H2,1-2H3. The summed E-state index contributed by atoms with van der Waals surface area (Å²) < 4.78 is 6.27. The number of nitrogens with two attached hydrogens (primary N) is 2. The summed E-state index contributed by atoms with van der Waals surface area (Å²) in [6.07, 6.45) is 1.59. The van der Waals surface area contributed by atoms with E-state index in [4.69, 9.17) is 16.2 Å². The van der Waals surface area contributed by atoms with Gasteiger partial charge in [-0.1, -0.05) is 12.1 Å². The predicted octanol–water partition coefficient (Wildman–Crippen LogP) is 1.04. The van der Waals surface area contributed by atoms with Crippen molar-refractivity contribution in [1.29, 1.82) is 0 Å². The van der Waals surface area contributed by atoms with Crippen LogP contribution >= 0.6 is 0 Å². The molecule has 6 heteroatoms. The minimum atomic E-state index is -0.494. The molecule has 0 aliphatic heterocycles. The first-order chi connectivity index (χ1) is 8.56. The van der Waals surface area contributed by atoms with E-state index in [1.54, 1.807) is 31.4 Å². The van der Waals surface area contributed by atoms with Crippen molar-refractivity contribution in [2.45, 2.75) is 0 Å². The van der Waals surface area contributed by atoms with Crippen LogP contribution < -0.4 is 11.5 Å². The molecule has 2 aromatic rings. The summed E-state index contributed by atoms with van der Waals surface area (Å²) in [5.41, 5.74) is 13.7. The van der Waals surface area contributed by atoms with Gasteiger partial charge in [0.25, 0.3) is 0 Å². The fourth-order valence-corrected chi connectivity index (χ4v) is 1.78. The van der Waals surface area contributed by atoms with Crippen molar-refractivity contribution in [3.8, 4) is 11.1 Å². The number of rotatable bonds is 2. The number of nitrogens with zero attached hydrogens (tertiary/aromatic N) is 2. The molecule has 0 aliphatic carbocycles. The molecule has 1 heterocycles. The predicted molar refractivity (Wildman–Crippen MR) is 68.8 cm³/mol. The summed E-state index contributed by atoms with van der Waals surface area (Å²) in [6.45, 7) is 0. The first-order valence-corrected chi connectivity index (χ1v) is 5.31. The molecule has 4 N–H and O–H groups in total. The third kappa shape index (κ3) is 1.77. The molecule has 0 spiro atoms. The Kier molecular flexibility index (Phi) is 2.93. The van der Waals surface area contributed by atoms with Crippen molar-refractivity contribution in [1.82, 2.24) is 9.78 Å². The van der Waals surface area contributed by atoms with Crippen LogP contribution in [0.25, 0.3) is 11.1 Å². The minimum Gasteiger partial charge on any atom is -0.465 e. The zero-order chi connectivity index (χ0) is 13.3. The molecule has 0 aliphatic rings. The Morgan fingerprint density at radius 2 is 2.06 bits per heavy atom. The molecule has 0 amide bonds. The Morgan fingerprint density at radius 3 is 2.61 bits per heavy atom. The SMILES string of the molecule is COC(=O)c1c(N)cccc1-c1cnn(C)c1N. The van der Waals surface area contributed by atoms with E-state index >= 15 is 0 Å². The molecule has 1 aromatic heterocycles. The van der Waals surface area contributed by atoms with Crippen LogP contribution in [-0.4, -0.2) is 22.9 Å². The van der Waals surface area contributed by atoms with E-state index in [0.29, 0.717) is 28.2 Å². The van der Waals surface area contributed by atoms with Gasteiger partial charge >= 0.3 is 5.97 Å². The first kappa shape index (κ1) is 12.0. The van der Waals surface area contributed by atoms with Gasteiger partial charge in [-0.05, 0) is 6.07 Å². The molecule has 2 rings (SSSR count). The van der Waals surface area contributed by atoms with Crippen LogP contribution in [0.1, 0.15) is 10.4 Å². The Hall–Kier alpha value is -2.50. The highest BCUT2D eigenvalue weighted by Crippen LogP contribution is 2.31. The van der Waals surface area contributed by atoms with E-state index in [-0.39, 0.29) is 0 Å². The third-order valence-electron chi connectivity index (χ3n) is 2.76. The van der Waals surface area contributed by atoms with Gasteiger partial charge in [-0.2, -0.15) is 5.10 Å². The zero-order valence-electron chi connectivity index (χ0n) is 10.2. The van der Waals surface area contributed by atoms with Gasteiger partial charge in [-0.25, -0.2) is 4.79 Å². The molecule has 6 nitrogen and oxygen atoms in total. The van der Waals surface area contributed by atoms with Crippen LogP contribution in [0.5, 0.6) is 0 Å². The fourth-order valence-electron chi connectivity index (χ4n) is 1.78. The maximum atomic E-state index is 11.8. The maximum Gasteiger partial charge on any atom is 0.340 e. The fraction of sp³-hybridized carbons (Fsp3) is 0.167. The Balaban J connectivity index is 2.68. The van der Waals surface area contributed by atoms with Gasteiger partial charge < -0.3 is 16.2 Å². The number of benzene rings is 1. The lowest BCUT2D eigenvalue weighted by molar-refractivity contribution is 0.0603. The highest BCUT2D eigenvalue weighted by molar-refractivity contribution is 6.03. The first-order valence-electron chi connectivity index (χ1n) is 5.31. The van der Waals surface area contributed by atoms with E-state index in [9.17, 15) is 4.79 Å². The van der Waals surface area contributed by atoms with Crippen molar-refractivity contribution in [2.75, 3.05) is 18.6 Å². The summed E-state index contributed by atoms with van der Waals surface area (Å²) in [4.78, 5) is 11.8. The molecule has 0 bridgehead atoms. The molecule has 0 atom stereocenters. The van der Waals surface area contributed by atoms with Gasteiger partial charge in [-0.3, -0.25) is 4.68 Å². The van der Waals surface area contributed by atoms with E-state index in [1.807, 2.05) is 0 Å². The summed E-state index contributed by atoms with van der Waals surface area (Å²) in [7, 11) is 3.04. The number of nitrogen functional groups attached to an aromatic ring is 2. The van der Waals surface area contributed by atoms with E-state index < -0.39 is 5.97 Å². The van der Waals surface area contributed by atoms with Crippen molar-refractivity contribution >= 4 is 17.5 Å². The summed E-state index contributed by atoms with van der Waals surface area (Å²) in [5.74, 6) is -0.0305. The average molecular weight is 246 g/mol. The molecular weight excluding hydrogens is 232 g/mol. The smallest absolute Gasteiger partial charge is 0.340 e. The number of methoxy groups -OCH3 is 1. The highest BCUT2D eigenvalue weighted by Gasteiger charge is 2.19. The zero-order valence-corrected chi connectivity index (χ0v) is 10.2. The molecule has 0 saturated carbocycles. The largest absolute Gasteiger partial charge is 0.465 e. The molecule has 94 valence electrons. The molecule has 0 saturated heterocycles. The van der Waals surface area contributed by atoms with Crippen LogP contribution in [0.2, 0.25) is 0 Å². The number of esters is 1. The van der Waals surface area contributed by atoms with Crippen molar-refractivity contribution in [3.05, 3.63) is 30.0 Å². The van der Waals surface area contributed by atoms with Gasteiger partial charge in [0.05, 0.1) is 18.9 Å². The number of anilines is 2. The second kappa shape index (κ2) is 4.40. The Bertz CT molecular complexity index is 604. The van der Waals surface area contributed by atoms with Crippen molar-refractivity contribution < 1.29 is 9.53 Å². The summed E-state index contributed by atoms with van der Waals surface area (Å²) in [6, 6.07) is 5.15. The van der Waals surface area contributed by atoms with Gasteiger partial charge in [0.1, 0.15) is 5.82 Å². The molecule has 18 heavy (non-hydrogen) atoms. The Labute approximate surface area is 104 Å². The van der Waals surface area contributed by atoms with E-state index in [0.717, 1.165) is 0 Å². The number of aryl methyl sites for hydroxylation is 1. The van der Waals surface area contributed by atoms with E-state index in [2.05, 4.69) is 5.10 Å². The van der Waals surface area contributed by atoms with Crippen LogP contribution in [0.3, 0.4) is 0 Å². The van der Waals surface area contributed by atoms with Gasteiger partial charge in [0.2, 0.25) is 0 Å². The number of hydrogen-bond donors (Lipinski definition) is 2.